The van der Waals surface area contributed by atoms with Gasteiger partial charge in [-0.1, -0.05) is 29.8 Å². The minimum atomic E-state index is -0.0925. The highest BCUT2D eigenvalue weighted by Crippen LogP contribution is 2.22. The molecule has 1 aromatic rings. The zero-order valence-electron chi connectivity index (χ0n) is 10.7. The van der Waals surface area contributed by atoms with Crippen molar-refractivity contribution in [3.8, 4) is 0 Å². The molecule has 1 unspecified atom stereocenters. The summed E-state index contributed by atoms with van der Waals surface area (Å²) in [5, 5.41) is 2.98. The minimum absolute atomic E-state index is 0.0121. The molecule has 1 amide bonds. The molecule has 0 fully saturated rings. The number of rotatable bonds is 5. The number of ether oxygens (including phenoxy) is 1. The van der Waals surface area contributed by atoms with Crippen LogP contribution in [0.1, 0.15) is 24.2 Å². The summed E-state index contributed by atoms with van der Waals surface area (Å²) < 4.78 is 6.82. The van der Waals surface area contributed by atoms with Crippen LogP contribution >= 0.6 is 31.9 Å². The van der Waals surface area contributed by atoms with Gasteiger partial charge in [-0.2, -0.15) is 0 Å². The molecule has 0 aliphatic rings. The van der Waals surface area contributed by atoms with Crippen LogP contribution in [0.4, 0.5) is 0 Å². The largest absolute Gasteiger partial charge is 0.383 e. The maximum absolute atomic E-state index is 12.2. The van der Waals surface area contributed by atoms with Crippen molar-refractivity contribution >= 4 is 37.8 Å². The van der Waals surface area contributed by atoms with E-state index in [1.165, 1.54) is 0 Å². The van der Waals surface area contributed by atoms with Crippen molar-refractivity contribution in [2.45, 2.75) is 19.9 Å². The van der Waals surface area contributed by atoms with E-state index in [0.717, 1.165) is 8.95 Å². The topological polar surface area (TPSA) is 38.3 Å². The molecule has 0 bridgehead atoms. The second-order valence-corrected chi connectivity index (χ2v) is 6.17. The number of nitrogens with one attached hydrogen (secondary N) is 1. The Bertz CT molecular complexity index is 421. The number of halogens is 2. The summed E-state index contributed by atoms with van der Waals surface area (Å²) in [5.74, 6) is 0.230. The summed E-state index contributed by atoms with van der Waals surface area (Å²) in [6.45, 7) is 4.62. The normalized spacial score (nSPS) is 12.6. The van der Waals surface area contributed by atoms with Gasteiger partial charge in [0, 0.05) is 16.1 Å². The van der Waals surface area contributed by atoms with E-state index >= 15 is 0 Å². The monoisotopic (exact) mass is 377 g/mol. The molecule has 3 nitrogen and oxygen atoms in total. The Morgan fingerprint density at radius 1 is 1.39 bits per heavy atom. The second-order valence-electron chi connectivity index (χ2n) is 4.40. The maximum atomic E-state index is 12.2. The van der Waals surface area contributed by atoms with Gasteiger partial charge in [-0.15, -0.1) is 0 Å². The van der Waals surface area contributed by atoms with E-state index in [9.17, 15) is 4.79 Å². The number of carbonyl (C=O) groups excluding carboxylic acids is 1. The first-order chi connectivity index (χ1) is 8.45. The van der Waals surface area contributed by atoms with Crippen LogP contribution in [0.2, 0.25) is 0 Å². The first kappa shape index (κ1) is 15.7. The van der Waals surface area contributed by atoms with Crippen LogP contribution in [0.25, 0.3) is 0 Å². The zero-order valence-corrected chi connectivity index (χ0v) is 13.8. The van der Waals surface area contributed by atoms with E-state index < -0.39 is 0 Å². The number of methoxy groups -OCH3 is 1. The third kappa shape index (κ3) is 4.37. The summed E-state index contributed by atoms with van der Waals surface area (Å²) in [6, 6.07) is 5.50. The van der Waals surface area contributed by atoms with E-state index in [1.54, 1.807) is 13.2 Å². The quantitative estimate of drug-likeness (QED) is 0.849. The Hall–Kier alpha value is -0.390. The highest BCUT2D eigenvalue weighted by Gasteiger charge is 2.18. The van der Waals surface area contributed by atoms with Crippen LogP contribution in [0.5, 0.6) is 0 Å². The molecule has 0 aliphatic carbocycles. The predicted octanol–water partition coefficient (Wildman–Crippen LogP) is 3.61. The van der Waals surface area contributed by atoms with Gasteiger partial charge in [0.05, 0.1) is 18.2 Å². The molecule has 0 saturated carbocycles. The van der Waals surface area contributed by atoms with Crippen LogP contribution < -0.4 is 5.32 Å². The molecule has 0 radical (unpaired) electrons. The fourth-order valence-corrected chi connectivity index (χ4v) is 2.73. The van der Waals surface area contributed by atoms with Crippen LogP contribution in [0, 0.1) is 5.92 Å². The number of benzene rings is 1. The van der Waals surface area contributed by atoms with Crippen molar-refractivity contribution < 1.29 is 9.53 Å². The van der Waals surface area contributed by atoms with E-state index in [4.69, 9.17) is 4.74 Å². The molecule has 0 saturated heterocycles. The molecule has 5 heteroatoms. The molecule has 0 spiro atoms. The van der Waals surface area contributed by atoms with Crippen LogP contribution in [-0.4, -0.2) is 25.7 Å². The summed E-state index contributed by atoms with van der Waals surface area (Å²) in [4.78, 5) is 12.2. The second kappa shape index (κ2) is 7.26. The molecule has 18 heavy (non-hydrogen) atoms. The standard InChI is InChI=1S/C13H17Br2NO2/c1-8(2)12(7-18-3)16-13(17)10-5-4-9(14)6-11(10)15/h4-6,8,12H,7H2,1-3H3,(H,16,17). The molecule has 100 valence electrons. The van der Waals surface area contributed by atoms with E-state index in [0.29, 0.717) is 18.1 Å². The van der Waals surface area contributed by atoms with Crippen molar-refractivity contribution in [3.63, 3.8) is 0 Å². The Labute approximate surface area is 125 Å². The molecule has 0 heterocycles. The van der Waals surface area contributed by atoms with Gasteiger partial charge in [0.2, 0.25) is 0 Å². The summed E-state index contributed by atoms with van der Waals surface area (Å²) in [5.41, 5.74) is 0.625. The summed E-state index contributed by atoms with van der Waals surface area (Å²) in [6.07, 6.45) is 0. The lowest BCUT2D eigenvalue weighted by atomic mass is 10.0. The number of carbonyl (C=O) groups is 1. The van der Waals surface area contributed by atoms with Gasteiger partial charge in [0.1, 0.15) is 0 Å². The van der Waals surface area contributed by atoms with Crippen LogP contribution in [0.3, 0.4) is 0 Å². The van der Waals surface area contributed by atoms with Crippen molar-refractivity contribution in [1.82, 2.24) is 5.32 Å². The average Bonchev–Trinajstić information content (AvgIpc) is 2.27. The Morgan fingerprint density at radius 3 is 2.56 bits per heavy atom. The fraction of sp³-hybridized carbons (Fsp3) is 0.462. The maximum Gasteiger partial charge on any atom is 0.252 e. The first-order valence-electron chi connectivity index (χ1n) is 5.70. The molecule has 0 aliphatic heterocycles. The van der Waals surface area contributed by atoms with Gasteiger partial charge in [-0.05, 0) is 40.0 Å². The summed E-state index contributed by atoms with van der Waals surface area (Å²) >= 11 is 6.75. The first-order valence-corrected chi connectivity index (χ1v) is 7.29. The smallest absolute Gasteiger partial charge is 0.252 e. The van der Waals surface area contributed by atoms with E-state index in [2.05, 4.69) is 51.0 Å². The minimum Gasteiger partial charge on any atom is -0.383 e. The molecule has 1 aromatic carbocycles. The summed E-state index contributed by atoms with van der Waals surface area (Å²) in [7, 11) is 1.64. The Balaban J connectivity index is 2.80. The van der Waals surface area contributed by atoms with Gasteiger partial charge in [0.15, 0.2) is 0 Å². The molecular formula is C13H17Br2NO2. The Morgan fingerprint density at radius 2 is 2.06 bits per heavy atom. The van der Waals surface area contributed by atoms with Crippen LogP contribution in [-0.2, 0) is 4.74 Å². The molecule has 0 aromatic heterocycles. The number of hydrogen-bond donors (Lipinski definition) is 1. The van der Waals surface area contributed by atoms with Gasteiger partial charge in [-0.3, -0.25) is 4.79 Å². The lowest BCUT2D eigenvalue weighted by Gasteiger charge is -2.21. The van der Waals surface area contributed by atoms with Gasteiger partial charge in [0.25, 0.3) is 5.91 Å². The SMILES string of the molecule is COCC(NC(=O)c1ccc(Br)cc1Br)C(C)C. The van der Waals surface area contributed by atoms with E-state index in [-0.39, 0.29) is 11.9 Å². The lowest BCUT2D eigenvalue weighted by Crippen LogP contribution is -2.41. The molecule has 1 atom stereocenters. The lowest BCUT2D eigenvalue weighted by molar-refractivity contribution is 0.0866. The van der Waals surface area contributed by atoms with Crippen molar-refractivity contribution in [3.05, 3.63) is 32.7 Å². The van der Waals surface area contributed by atoms with Gasteiger partial charge < -0.3 is 10.1 Å². The zero-order chi connectivity index (χ0) is 13.7. The van der Waals surface area contributed by atoms with Crippen molar-refractivity contribution in [1.29, 1.82) is 0 Å². The van der Waals surface area contributed by atoms with Crippen molar-refractivity contribution in [2.24, 2.45) is 5.92 Å². The Kier molecular flexibility index (Phi) is 6.32. The molecule has 1 N–H and O–H groups in total. The van der Waals surface area contributed by atoms with Crippen molar-refractivity contribution in [2.75, 3.05) is 13.7 Å². The van der Waals surface area contributed by atoms with E-state index in [1.807, 2.05) is 12.1 Å². The molecule has 1 rings (SSSR count). The van der Waals surface area contributed by atoms with Gasteiger partial charge >= 0.3 is 0 Å². The number of amides is 1. The molecular weight excluding hydrogens is 362 g/mol. The highest BCUT2D eigenvalue weighted by atomic mass is 79.9. The third-order valence-corrected chi connectivity index (χ3v) is 3.79. The highest BCUT2D eigenvalue weighted by molar-refractivity contribution is 9.11. The fourth-order valence-electron chi connectivity index (χ4n) is 1.50. The average molecular weight is 379 g/mol. The van der Waals surface area contributed by atoms with Crippen LogP contribution in [0.15, 0.2) is 27.1 Å². The third-order valence-electron chi connectivity index (χ3n) is 2.64. The number of hydrogen-bond acceptors (Lipinski definition) is 2. The predicted molar refractivity (Wildman–Crippen MR) is 79.8 cm³/mol. The van der Waals surface area contributed by atoms with Gasteiger partial charge in [-0.25, -0.2) is 0 Å².